The SMILES string of the molecule is COc1ccc(/C=C2/N=C(SCc3ccc(Cl)cc3)SC2=O)c2ccccc12. The lowest BCUT2D eigenvalue weighted by Crippen LogP contribution is -1.90. The number of aliphatic imine (C=N–C) groups is 1. The van der Waals surface area contributed by atoms with E-state index in [1.165, 1.54) is 11.8 Å². The second kappa shape index (κ2) is 8.43. The second-order valence-corrected chi connectivity index (χ2v) is 8.74. The zero-order valence-electron chi connectivity index (χ0n) is 15.0. The summed E-state index contributed by atoms with van der Waals surface area (Å²) >= 11 is 8.66. The first-order valence-corrected chi connectivity index (χ1v) is 10.8. The summed E-state index contributed by atoms with van der Waals surface area (Å²) in [7, 11) is 1.66. The van der Waals surface area contributed by atoms with E-state index in [2.05, 4.69) is 4.99 Å². The highest BCUT2D eigenvalue weighted by Gasteiger charge is 2.22. The summed E-state index contributed by atoms with van der Waals surface area (Å²) in [6.07, 6.45) is 1.85. The Kier molecular flexibility index (Phi) is 5.76. The van der Waals surface area contributed by atoms with Crippen LogP contribution in [0, 0.1) is 0 Å². The van der Waals surface area contributed by atoms with Crippen molar-refractivity contribution in [2.24, 2.45) is 4.99 Å². The van der Waals surface area contributed by atoms with Gasteiger partial charge in [-0.2, -0.15) is 0 Å². The van der Waals surface area contributed by atoms with Gasteiger partial charge in [-0.05, 0) is 52.6 Å². The summed E-state index contributed by atoms with van der Waals surface area (Å²) in [6, 6.07) is 19.6. The summed E-state index contributed by atoms with van der Waals surface area (Å²) in [5.74, 6) is 1.56. The molecule has 0 radical (unpaired) electrons. The molecule has 0 atom stereocenters. The molecule has 0 amide bonds. The highest BCUT2D eigenvalue weighted by molar-refractivity contribution is 8.45. The molecule has 6 heteroatoms. The number of benzene rings is 3. The Hall–Kier alpha value is -2.21. The number of methoxy groups -OCH3 is 1. The molecule has 0 saturated carbocycles. The molecule has 140 valence electrons. The van der Waals surface area contributed by atoms with Gasteiger partial charge >= 0.3 is 0 Å². The average Bonchev–Trinajstić information content (AvgIpc) is 3.07. The molecule has 0 N–H and O–H groups in total. The van der Waals surface area contributed by atoms with Gasteiger partial charge in [0.15, 0.2) is 0 Å². The van der Waals surface area contributed by atoms with Crippen molar-refractivity contribution in [2.45, 2.75) is 5.75 Å². The number of carbonyl (C=O) groups excluding carboxylic acids is 1. The lowest BCUT2D eigenvalue weighted by Gasteiger charge is -2.08. The van der Waals surface area contributed by atoms with Crippen LogP contribution in [0.5, 0.6) is 5.75 Å². The van der Waals surface area contributed by atoms with E-state index in [1.807, 2.05) is 66.7 Å². The van der Waals surface area contributed by atoms with E-state index in [0.717, 1.165) is 37.8 Å². The van der Waals surface area contributed by atoms with Crippen molar-refractivity contribution in [2.75, 3.05) is 7.11 Å². The maximum Gasteiger partial charge on any atom is 0.244 e. The maximum absolute atomic E-state index is 12.4. The number of rotatable bonds is 4. The van der Waals surface area contributed by atoms with Gasteiger partial charge in [-0.1, -0.05) is 65.8 Å². The summed E-state index contributed by atoms with van der Waals surface area (Å²) < 4.78 is 6.21. The minimum atomic E-state index is -0.0292. The number of fused-ring (bicyclic) bond motifs is 1. The van der Waals surface area contributed by atoms with Gasteiger partial charge in [-0.25, -0.2) is 4.99 Å². The van der Waals surface area contributed by atoms with Gasteiger partial charge in [0.1, 0.15) is 15.8 Å². The Morgan fingerprint density at radius 1 is 1.07 bits per heavy atom. The number of ether oxygens (including phenoxy) is 1. The van der Waals surface area contributed by atoms with Crippen LogP contribution in [-0.2, 0) is 10.5 Å². The van der Waals surface area contributed by atoms with Crippen molar-refractivity contribution in [1.29, 1.82) is 0 Å². The molecule has 0 unspecified atom stereocenters. The fourth-order valence-corrected chi connectivity index (χ4v) is 4.85. The molecule has 3 aromatic rings. The lowest BCUT2D eigenvalue weighted by atomic mass is 10.0. The molecule has 1 aliphatic heterocycles. The largest absolute Gasteiger partial charge is 0.496 e. The van der Waals surface area contributed by atoms with E-state index in [-0.39, 0.29) is 5.12 Å². The molecule has 4 rings (SSSR count). The van der Waals surface area contributed by atoms with Crippen LogP contribution in [0.25, 0.3) is 16.8 Å². The molecular formula is C22H16ClNO2S2. The Balaban J connectivity index is 1.59. The number of hydrogen-bond acceptors (Lipinski definition) is 5. The van der Waals surface area contributed by atoms with Gasteiger partial charge in [0, 0.05) is 16.2 Å². The molecule has 0 aromatic heterocycles. The molecule has 3 nitrogen and oxygen atoms in total. The van der Waals surface area contributed by atoms with Crippen LogP contribution in [0.15, 0.2) is 71.4 Å². The summed E-state index contributed by atoms with van der Waals surface area (Å²) in [5, 5.41) is 2.73. The topological polar surface area (TPSA) is 38.7 Å². The summed E-state index contributed by atoms with van der Waals surface area (Å²) in [6.45, 7) is 0. The molecular weight excluding hydrogens is 410 g/mol. The van der Waals surface area contributed by atoms with E-state index in [4.69, 9.17) is 16.3 Å². The van der Waals surface area contributed by atoms with Crippen LogP contribution in [0.3, 0.4) is 0 Å². The predicted octanol–water partition coefficient (Wildman–Crippen LogP) is 6.41. The summed E-state index contributed by atoms with van der Waals surface area (Å²) in [4.78, 5) is 17.0. The first-order valence-electron chi connectivity index (χ1n) is 8.59. The van der Waals surface area contributed by atoms with Gasteiger partial charge in [0.25, 0.3) is 0 Å². The zero-order chi connectivity index (χ0) is 19.5. The minimum Gasteiger partial charge on any atom is -0.496 e. The zero-order valence-corrected chi connectivity index (χ0v) is 17.4. The average molecular weight is 426 g/mol. The normalized spacial score (nSPS) is 15.3. The molecule has 3 aromatic carbocycles. The molecule has 0 fully saturated rings. The van der Waals surface area contributed by atoms with E-state index >= 15 is 0 Å². The van der Waals surface area contributed by atoms with Crippen molar-refractivity contribution < 1.29 is 9.53 Å². The van der Waals surface area contributed by atoms with Crippen LogP contribution >= 0.6 is 35.1 Å². The first kappa shape index (κ1) is 19.1. The number of nitrogens with zero attached hydrogens (tertiary/aromatic N) is 1. The standard InChI is InChI=1S/C22H16ClNO2S2/c1-26-20-11-8-15(17-4-2-3-5-18(17)20)12-19-21(25)28-22(24-19)27-13-14-6-9-16(23)10-7-14/h2-12H,13H2,1H3/b19-12+. The Labute approximate surface area is 176 Å². The fourth-order valence-electron chi connectivity index (χ4n) is 2.92. The van der Waals surface area contributed by atoms with Crippen molar-refractivity contribution in [1.82, 2.24) is 0 Å². The number of halogens is 1. The predicted molar refractivity (Wildman–Crippen MR) is 121 cm³/mol. The van der Waals surface area contributed by atoms with Gasteiger partial charge in [-0.3, -0.25) is 4.79 Å². The maximum atomic E-state index is 12.4. The van der Waals surface area contributed by atoms with E-state index in [1.54, 1.807) is 18.9 Å². The van der Waals surface area contributed by atoms with Crippen molar-refractivity contribution in [3.8, 4) is 5.75 Å². The lowest BCUT2D eigenvalue weighted by molar-refractivity contribution is -0.107. The number of carbonyl (C=O) groups is 1. The van der Waals surface area contributed by atoms with Crippen molar-refractivity contribution in [3.05, 3.63) is 82.5 Å². The quantitative estimate of drug-likeness (QED) is 0.453. The van der Waals surface area contributed by atoms with Crippen LogP contribution < -0.4 is 4.74 Å². The molecule has 1 aliphatic rings. The fraction of sp³-hybridized carbons (Fsp3) is 0.0909. The monoisotopic (exact) mass is 425 g/mol. The third-order valence-electron chi connectivity index (χ3n) is 4.31. The van der Waals surface area contributed by atoms with E-state index < -0.39 is 0 Å². The van der Waals surface area contributed by atoms with Crippen LogP contribution in [0.2, 0.25) is 5.02 Å². The smallest absolute Gasteiger partial charge is 0.244 e. The van der Waals surface area contributed by atoms with Gasteiger partial charge in [0.2, 0.25) is 5.12 Å². The third-order valence-corrected chi connectivity index (χ3v) is 6.64. The Morgan fingerprint density at radius 3 is 2.57 bits per heavy atom. The van der Waals surface area contributed by atoms with Gasteiger partial charge < -0.3 is 4.74 Å². The Bertz CT molecular complexity index is 1110. The molecule has 0 saturated heterocycles. The molecule has 28 heavy (non-hydrogen) atoms. The number of hydrogen-bond donors (Lipinski definition) is 0. The highest BCUT2D eigenvalue weighted by atomic mass is 35.5. The summed E-state index contributed by atoms with van der Waals surface area (Å²) in [5.41, 5.74) is 2.57. The van der Waals surface area contributed by atoms with Crippen molar-refractivity contribution in [3.63, 3.8) is 0 Å². The van der Waals surface area contributed by atoms with Gasteiger partial charge in [-0.15, -0.1) is 0 Å². The van der Waals surface area contributed by atoms with Crippen LogP contribution in [0.1, 0.15) is 11.1 Å². The first-order chi connectivity index (χ1) is 13.6. The Morgan fingerprint density at radius 2 is 1.82 bits per heavy atom. The van der Waals surface area contributed by atoms with Crippen LogP contribution in [-0.4, -0.2) is 16.6 Å². The van der Waals surface area contributed by atoms with Crippen LogP contribution in [0.4, 0.5) is 0 Å². The molecule has 0 bridgehead atoms. The van der Waals surface area contributed by atoms with E-state index in [0.29, 0.717) is 10.7 Å². The highest BCUT2D eigenvalue weighted by Crippen LogP contribution is 2.35. The second-order valence-electron chi connectivity index (χ2n) is 6.11. The van der Waals surface area contributed by atoms with Crippen molar-refractivity contribution >= 4 is 61.5 Å². The molecule has 0 spiro atoms. The molecule has 1 heterocycles. The third kappa shape index (κ3) is 4.12. The minimum absolute atomic E-state index is 0.0292. The van der Waals surface area contributed by atoms with Gasteiger partial charge in [0.05, 0.1) is 7.11 Å². The number of thioether (sulfide) groups is 2. The van der Waals surface area contributed by atoms with E-state index in [9.17, 15) is 4.79 Å². The molecule has 0 aliphatic carbocycles.